The molecule has 0 unspecified atom stereocenters. The van der Waals surface area contributed by atoms with Crippen LogP contribution in [0.3, 0.4) is 0 Å². The molecule has 0 bridgehead atoms. The first kappa shape index (κ1) is 13.9. The topological polar surface area (TPSA) is 53.1 Å². The first-order valence-electron chi connectivity index (χ1n) is 6.46. The summed E-state index contributed by atoms with van der Waals surface area (Å²) >= 11 is 0. The lowest BCUT2D eigenvalue weighted by molar-refractivity contribution is 0.224. The Morgan fingerprint density at radius 1 is 1.29 bits per heavy atom. The van der Waals surface area contributed by atoms with Crippen LogP contribution in [-0.2, 0) is 7.05 Å². The molecule has 0 atom stereocenters. The molecule has 0 aromatic carbocycles. The molecule has 0 saturated heterocycles. The Labute approximate surface area is 104 Å². The van der Waals surface area contributed by atoms with Crippen LogP contribution >= 0.6 is 0 Å². The van der Waals surface area contributed by atoms with Crippen LogP contribution in [0, 0.1) is 5.92 Å². The van der Waals surface area contributed by atoms with Gasteiger partial charge in [-0.2, -0.15) is 5.10 Å². The second-order valence-electron chi connectivity index (χ2n) is 4.88. The van der Waals surface area contributed by atoms with Gasteiger partial charge >= 0.3 is 0 Å². The van der Waals surface area contributed by atoms with Crippen LogP contribution in [-0.4, -0.2) is 16.4 Å². The Balaban J connectivity index is 2.77. The number of hydrogen-bond donors (Lipinski definition) is 1. The summed E-state index contributed by atoms with van der Waals surface area (Å²) < 4.78 is 7.56. The lowest BCUT2D eigenvalue weighted by Crippen LogP contribution is -2.12. The van der Waals surface area contributed by atoms with Crippen molar-refractivity contribution in [3.8, 4) is 5.88 Å². The van der Waals surface area contributed by atoms with Crippen LogP contribution in [0.4, 0.5) is 5.69 Å². The smallest absolute Gasteiger partial charge is 0.235 e. The Kier molecular flexibility index (Phi) is 4.85. The van der Waals surface area contributed by atoms with E-state index in [4.69, 9.17) is 10.5 Å². The van der Waals surface area contributed by atoms with E-state index in [1.54, 1.807) is 4.68 Å². The molecule has 4 heteroatoms. The average Bonchev–Trinajstić information content (AvgIpc) is 2.57. The molecular formula is C13H25N3O. The number of anilines is 1. The molecular weight excluding hydrogens is 214 g/mol. The van der Waals surface area contributed by atoms with Gasteiger partial charge < -0.3 is 10.5 Å². The largest absolute Gasteiger partial charge is 0.476 e. The van der Waals surface area contributed by atoms with Crippen molar-refractivity contribution in [3.63, 3.8) is 0 Å². The third-order valence-corrected chi connectivity index (χ3v) is 3.22. The maximum absolute atomic E-state index is 6.07. The first-order valence-corrected chi connectivity index (χ1v) is 6.46. The van der Waals surface area contributed by atoms with Gasteiger partial charge in [0.05, 0.1) is 12.3 Å². The van der Waals surface area contributed by atoms with E-state index in [1.807, 2.05) is 7.05 Å². The van der Waals surface area contributed by atoms with Gasteiger partial charge in [0.2, 0.25) is 5.88 Å². The second-order valence-corrected chi connectivity index (χ2v) is 4.88. The fourth-order valence-electron chi connectivity index (χ4n) is 1.86. The van der Waals surface area contributed by atoms with E-state index in [0.717, 1.165) is 18.5 Å². The number of ether oxygens (including phenoxy) is 1. The van der Waals surface area contributed by atoms with Crippen molar-refractivity contribution < 1.29 is 4.74 Å². The van der Waals surface area contributed by atoms with E-state index in [0.29, 0.717) is 30.0 Å². The molecule has 0 radical (unpaired) electrons. The molecule has 0 aliphatic heterocycles. The van der Waals surface area contributed by atoms with Gasteiger partial charge in [-0.15, -0.1) is 0 Å². The average molecular weight is 239 g/mol. The zero-order valence-corrected chi connectivity index (χ0v) is 11.7. The predicted octanol–water partition coefficient (Wildman–Crippen LogP) is 2.94. The molecule has 0 amide bonds. The predicted molar refractivity (Wildman–Crippen MR) is 71.3 cm³/mol. The summed E-state index contributed by atoms with van der Waals surface area (Å²) in [5, 5.41) is 4.41. The van der Waals surface area contributed by atoms with Gasteiger partial charge in [-0.3, -0.25) is 0 Å². The molecule has 0 aliphatic carbocycles. The lowest BCUT2D eigenvalue weighted by Gasteiger charge is -2.14. The van der Waals surface area contributed by atoms with Gasteiger partial charge in [-0.1, -0.05) is 40.5 Å². The first-order chi connectivity index (χ1) is 8.01. The van der Waals surface area contributed by atoms with Crippen molar-refractivity contribution in [2.24, 2.45) is 13.0 Å². The van der Waals surface area contributed by atoms with Crippen molar-refractivity contribution in [2.75, 3.05) is 12.3 Å². The van der Waals surface area contributed by atoms with Crippen molar-refractivity contribution in [1.29, 1.82) is 0 Å². The molecule has 4 nitrogen and oxygen atoms in total. The fraction of sp³-hybridized carbons (Fsp3) is 0.769. The molecule has 0 spiro atoms. The number of hydrogen-bond acceptors (Lipinski definition) is 3. The highest BCUT2D eigenvalue weighted by molar-refractivity contribution is 5.54. The molecule has 1 aromatic heterocycles. The summed E-state index contributed by atoms with van der Waals surface area (Å²) in [5.74, 6) is 1.62. The molecule has 1 aromatic rings. The molecule has 98 valence electrons. The van der Waals surface area contributed by atoms with E-state index < -0.39 is 0 Å². The zero-order valence-electron chi connectivity index (χ0n) is 11.7. The molecule has 0 aliphatic rings. The van der Waals surface area contributed by atoms with E-state index in [1.165, 1.54) is 0 Å². The van der Waals surface area contributed by atoms with Crippen LogP contribution in [0.5, 0.6) is 5.88 Å². The maximum Gasteiger partial charge on any atom is 0.235 e. The minimum Gasteiger partial charge on any atom is -0.476 e. The maximum atomic E-state index is 6.07. The van der Waals surface area contributed by atoms with Crippen molar-refractivity contribution in [3.05, 3.63) is 5.69 Å². The van der Waals surface area contributed by atoms with E-state index >= 15 is 0 Å². The van der Waals surface area contributed by atoms with Gasteiger partial charge in [0.15, 0.2) is 0 Å². The van der Waals surface area contributed by atoms with Gasteiger partial charge in [-0.05, 0) is 11.8 Å². The second kappa shape index (κ2) is 5.94. The van der Waals surface area contributed by atoms with Crippen LogP contribution in [0.15, 0.2) is 0 Å². The van der Waals surface area contributed by atoms with Gasteiger partial charge in [0.25, 0.3) is 0 Å². The molecule has 17 heavy (non-hydrogen) atoms. The van der Waals surface area contributed by atoms with E-state index in [-0.39, 0.29) is 0 Å². The Bertz CT molecular complexity index is 354. The van der Waals surface area contributed by atoms with Crippen molar-refractivity contribution in [1.82, 2.24) is 9.78 Å². The molecule has 1 heterocycles. The molecule has 0 fully saturated rings. The number of rotatable bonds is 6. The van der Waals surface area contributed by atoms with Crippen LogP contribution in [0.1, 0.15) is 52.1 Å². The van der Waals surface area contributed by atoms with Crippen LogP contribution < -0.4 is 10.5 Å². The van der Waals surface area contributed by atoms with E-state index in [2.05, 4.69) is 32.8 Å². The minimum atomic E-state index is 0.326. The summed E-state index contributed by atoms with van der Waals surface area (Å²) in [6.07, 6.45) is 2.26. The lowest BCUT2D eigenvalue weighted by atomic mass is 10.1. The molecule has 1 rings (SSSR count). The highest BCUT2D eigenvalue weighted by atomic mass is 16.5. The Morgan fingerprint density at radius 3 is 2.29 bits per heavy atom. The summed E-state index contributed by atoms with van der Waals surface area (Å²) in [6, 6.07) is 0. The third-order valence-electron chi connectivity index (χ3n) is 3.22. The highest BCUT2D eigenvalue weighted by Gasteiger charge is 2.17. The van der Waals surface area contributed by atoms with Gasteiger partial charge in [0, 0.05) is 7.05 Å². The quantitative estimate of drug-likeness (QED) is 0.830. The Hall–Kier alpha value is -1.19. The molecule has 2 N–H and O–H groups in total. The van der Waals surface area contributed by atoms with Crippen molar-refractivity contribution in [2.45, 2.75) is 46.5 Å². The number of nitrogens with zero attached hydrogens (tertiary/aromatic N) is 2. The summed E-state index contributed by atoms with van der Waals surface area (Å²) in [7, 11) is 1.88. The number of nitrogens with two attached hydrogens (primary N) is 1. The zero-order chi connectivity index (χ0) is 13.0. The van der Waals surface area contributed by atoms with Gasteiger partial charge in [-0.25, -0.2) is 4.68 Å². The standard InChI is InChI=1S/C13H25N3O/c1-6-10(7-2)8-17-13-11(14)12(9(3)4)15-16(13)5/h9-10H,6-8,14H2,1-5H3. The monoisotopic (exact) mass is 239 g/mol. The highest BCUT2D eigenvalue weighted by Crippen LogP contribution is 2.30. The fourth-order valence-corrected chi connectivity index (χ4v) is 1.86. The Morgan fingerprint density at radius 2 is 1.88 bits per heavy atom. The van der Waals surface area contributed by atoms with Crippen molar-refractivity contribution >= 4 is 5.69 Å². The van der Waals surface area contributed by atoms with Gasteiger partial charge in [0.1, 0.15) is 5.69 Å². The number of aryl methyl sites for hydroxylation is 1. The SMILES string of the molecule is CCC(CC)COc1c(N)c(C(C)C)nn1C. The third kappa shape index (κ3) is 3.14. The summed E-state index contributed by atoms with van der Waals surface area (Å²) in [6.45, 7) is 9.26. The van der Waals surface area contributed by atoms with Crippen LogP contribution in [0.25, 0.3) is 0 Å². The summed E-state index contributed by atoms with van der Waals surface area (Å²) in [5.41, 5.74) is 7.68. The molecule has 0 saturated carbocycles. The van der Waals surface area contributed by atoms with Crippen LogP contribution in [0.2, 0.25) is 0 Å². The number of nitrogen functional groups attached to an aromatic ring is 1. The summed E-state index contributed by atoms with van der Waals surface area (Å²) in [4.78, 5) is 0. The van der Waals surface area contributed by atoms with E-state index in [9.17, 15) is 0 Å². The number of aromatic nitrogens is 2. The minimum absolute atomic E-state index is 0.326. The normalized spacial score (nSPS) is 11.5.